The lowest BCUT2D eigenvalue weighted by molar-refractivity contribution is 0.282. The molecule has 20 heavy (non-hydrogen) atoms. The zero-order chi connectivity index (χ0) is 13.9. The van der Waals surface area contributed by atoms with E-state index in [0.717, 1.165) is 35.5 Å². The van der Waals surface area contributed by atoms with Crippen molar-refractivity contribution in [2.45, 2.75) is 26.4 Å². The molecule has 1 aromatic carbocycles. The summed E-state index contributed by atoms with van der Waals surface area (Å²) in [5.41, 5.74) is 5.40. The monoisotopic (exact) mass is 268 g/mol. The van der Waals surface area contributed by atoms with E-state index in [1.165, 1.54) is 18.5 Å². The van der Waals surface area contributed by atoms with Crippen LogP contribution in [-0.4, -0.2) is 23.2 Å². The molecule has 1 N–H and O–H groups in total. The number of benzene rings is 1. The third-order valence-corrected chi connectivity index (χ3v) is 3.98. The van der Waals surface area contributed by atoms with E-state index in [9.17, 15) is 5.11 Å². The molecule has 0 radical (unpaired) electrons. The Hall–Kier alpha value is -1.87. The van der Waals surface area contributed by atoms with Gasteiger partial charge in [-0.15, -0.1) is 0 Å². The predicted molar refractivity (Wildman–Crippen MR) is 81.8 cm³/mol. The van der Waals surface area contributed by atoms with Crippen LogP contribution in [0.5, 0.6) is 0 Å². The Morgan fingerprint density at radius 1 is 1.20 bits per heavy atom. The topological polar surface area (TPSA) is 36.4 Å². The molecular weight excluding hydrogens is 248 g/mol. The first-order chi connectivity index (χ1) is 9.79. The average molecular weight is 268 g/mol. The minimum Gasteiger partial charge on any atom is -0.392 e. The molecule has 1 aliphatic rings. The predicted octanol–water partition coefficient (Wildman–Crippen LogP) is 3.15. The van der Waals surface area contributed by atoms with E-state index in [0.29, 0.717) is 0 Å². The molecule has 1 aliphatic heterocycles. The van der Waals surface area contributed by atoms with Crippen molar-refractivity contribution in [1.82, 2.24) is 4.98 Å². The molecule has 0 atom stereocenters. The van der Waals surface area contributed by atoms with Crippen LogP contribution in [-0.2, 0) is 6.61 Å². The van der Waals surface area contributed by atoms with Crippen LogP contribution in [0.2, 0.25) is 0 Å². The van der Waals surface area contributed by atoms with Crippen LogP contribution < -0.4 is 4.90 Å². The molecule has 0 unspecified atom stereocenters. The van der Waals surface area contributed by atoms with Crippen molar-refractivity contribution in [2.24, 2.45) is 0 Å². The number of aliphatic hydroxyl groups is 1. The first kappa shape index (κ1) is 13.1. The smallest absolute Gasteiger partial charge is 0.0731 e. The molecule has 1 aromatic heterocycles. The second-order valence-corrected chi connectivity index (χ2v) is 5.36. The third kappa shape index (κ3) is 2.41. The lowest BCUT2D eigenvalue weighted by atomic mass is 10.0. The lowest BCUT2D eigenvalue weighted by Gasteiger charge is -2.21. The van der Waals surface area contributed by atoms with Gasteiger partial charge in [0.15, 0.2) is 0 Å². The van der Waals surface area contributed by atoms with Gasteiger partial charge in [-0.1, -0.05) is 12.1 Å². The fourth-order valence-corrected chi connectivity index (χ4v) is 2.91. The molecule has 2 heterocycles. The highest BCUT2D eigenvalue weighted by atomic mass is 16.3. The Bertz CT molecular complexity index is 604. The number of rotatable bonds is 3. The van der Waals surface area contributed by atoms with E-state index in [1.54, 1.807) is 0 Å². The first-order valence-corrected chi connectivity index (χ1v) is 7.20. The summed E-state index contributed by atoms with van der Waals surface area (Å²) in [6, 6.07) is 10.3. The van der Waals surface area contributed by atoms with Gasteiger partial charge in [0.25, 0.3) is 0 Å². The summed E-state index contributed by atoms with van der Waals surface area (Å²) in [6.07, 6.45) is 4.30. The molecule has 3 heteroatoms. The van der Waals surface area contributed by atoms with E-state index >= 15 is 0 Å². The first-order valence-electron chi connectivity index (χ1n) is 7.20. The van der Waals surface area contributed by atoms with Gasteiger partial charge >= 0.3 is 0 Å². The van der Waals surface area contributed by atoms with Crippen LogP contribution >= 0.6 is 0 Å². The maximum absolute atomic E-state index is 9.67. The molecule has 0 aliphatic carbocycles. The number of anilines is 1. The van der Waals surface area contributed by atoms with Crippen molar-refractivity contribution in [3.05, 3.63) is 47.7 Å². The molecule has 0 amide bonds. The lowest BCUT2D eigenvalue weighted by Crippen LogP contribution is -2.19. The van der Waals surface area contributed by atoms with Gasteiger partial charge in [-0.25, -0.2) is 0 Å². The highest BCUT2D eigenvalue weighted by Gasteiger charge is 2.16. The Morgan fingerprint density at radius 2 is 2.00 bits per heavy atom. The van der Waals surface area contributed by atoms with Crippen LogP contribution in [0.25, 0.3) is 11.3 Å². The summed E-state index contributed by atoms with van der Waals surface area (Å²) in [6.45, 7) is 4.32. The summed E-state index contributed by atoms with van der Waals surface area (Å²) in [5, 5.41) is 9.67. The van der Waals surface area contributed by atoms with Gasteiger partial charge in [0.2, 0.25) is 0 Å². The van der Waals surface area contributed by atoms with Crippen LogP contribution in [0.4, 0.5) is 5.69 Å². The zero-order valence-corrected chi connectivity index (χ0v) is 11.8. The molecule has 104 valence electrons. The SMILES string of the molecule is Cc1cccnc1-c1ccc(N2CCCC2)c(CO)c1. The maximum atomic E-state index is 9.67. The summed E-state index contributed by atoms with van der Waals surface area (Å²) in [4.78, 5) is 6.82. The highest BCUT2D eigenvalue weighted by Crippen LogP contribution is 2.30. The van der Waals surface area contributed by atoms with E-state index < -0.39 is 0 Å². The van der Waals surface area contributed by atoms with Gasteiger partial charge in [0.1, 0.15) is 0 Å². The summed E-state index contributed by atoms with van der Waals surface area (Å²) in [7, 11) is 0. The second kappa shape index (κ2) is 5.63. The van der Waals surface area contributed by atoms with Crippen molar-refractivity contribution in [2.75, 3.05) is 18.0 Å². The van der Waals surface area contributed by atoms with Crippen LogP contribution in [0.15, 0.2) is 36.5 Å². The van der Waals surface area contributed by atoms with Gasteiger partial charge in [-0.05, 0) is 43.5 Å². The average Bonchev–Trinajstić information content (AvgIpc) is 3.01. The van der Waals surface area contributed by atoms with Crippen LogP contribution in [0.1, 0.15) is 24.0 Å². The van der Waals surface area contributed by atoms with Gasteiger partial charge in [-0.3, -0.25) is 4.98 Å². The van der Waals surface area contributed by atoms with Crippen molar-refractivity contribution < 1.29 is 5.11 Å². The Morgan fingerprint density at radius 3 is 2.70 bits per heavy atom. The van der Waals surface area contributed by atoms with E-state index in [1.807, 2.05) is 12.3 Å². The molecule has 0 spiro atoms. The maximum Gasteiger partial charge on any atom is 0.0731 e. The van der Waals surface area contributed by atoms with E-state index in [4.69, 9.17) is 0 Å². The van der Waals surface area contributed by atoms with Crippen molar-refractivity contribution in [1.29, 1.82) is 0 Å². The summed E-state index contributed by atoms with van der Waals surface area (Å²) >= 11 is 0. The van der Waals surface area contributed by atoms with Crippen LogP contribution in [0, 0.1) is 6.92 Å². The molecule has 3 rings (SSSR count). The molecular formula is C17H20N2O. The van der Waals surface area contributed by atoms with Crippen molar-refractivity contribution in [3.8, 4) is 11.3 Å². The number of hydrogen-bond donors (Lipinski definition) is 1. The number of aromatic nitrogens is 1. The Balaban J connectivity index is 2.01. The third-order valence-electron chi connectivity index (χ3n) is 3.98. The van der Waals surface area contributed by atoms with Gasteiger partial charge in [0, 0.05) is 36.1 Å². The Kier molecular flexibility index (Phi) is 3.70. The molecule has 1 saturated heterocycles. The molecule has 1 fully saturated rings. The fourth-order valence-electron chi connectivity index (χ4n) is 2.91. The van der Waals surface area contributed by atoms with Crippen molar-refractivity contribution >= 4 is 5.69 Å². The van der Waals surface area contributed by atoms with Gasteiger partial charge in [-0.2, -0.15) is 0 Å². The number of aryl methyl sites for hydroxylation is 1. The molecule has 3 nitrogen and oxygen atoms in total. The minimum atomic E-state index is 0.0750. The number of aliphatic hydroxyl groups excluding tert-OH is 1. The van der Waals surface area contributed by atoms with E-state index in [2.05, 4.69) is 41.1 Å². The largest absolute Gasteiger partial charge is 0.392 e. The zero-order valence-electron chi connectivity index (χ0n) is 11.8. The summed E-state index contributed by atoms with van der Waals surface area (Å²) < 4.78 is 0. The number of pyridine rings is 1. The second-order valence-electron chi connectivity index (χ2n) is 5.36. The quantitative estimate of drug-likeness (QED) is 0.929. The summed E-state index contributed by atoms with van der Waals surface area (Å²) in [5.74, 6) is 0. The van der Waals surface area contributed by atoms with Gasteiger partial charge < -0.3 is 10.0 Å². The van der Waals surface area contributed by atoms with E-state index in [-0.39, 0.29) is 6.61 Å². The minimum absolute atomic E-state index is 0.0750. The standard InChI is InChI=1S/C17H20N2O/c1-13-5-4-8-18-17(13)14-6-7-16(15(11-14)12-20)19-9-2-3-10-19/h4-8,11,20H,2-3,9-10,12H2,1H3. The number of hydrogen-bond acceptors (Lipinski definition) is 3. The fraction of sp³-hybridized carbons (Fsp3) is 0.353. The van der Waals surface area contributed by atoms with Gasteiger partial charge in [0.05, 0.1) is 12.3 Å². The van der Waals surface area contributed by atoms with Crippen molar-refractivity contribution in [3.63, 3.8) is 0 Å². The normalized spacial score (nSPS) is 14.8. The Labute approximate surface area is 119 Å². The van der Waals surface area contributed by atoms with Crippen LogP contribution in [0.3, 0.4) is 0 Å². The molecule has 2 aromatic rings. The highest BCUT2D eigenvalue weighted by molar-refractivity contribution is 5.68. The molecule has 0 saturated carbocycles. The number of nitrogens with zero attached hydrogens (tertiary/aromatic N) is 2. The molecule has 0 bridgehead atoms.